The lowest BCUT2D eigenvalue weighted by Gasteiger charge is -2.28. The van der Waals surface area contributed by atoms with E-state index in [9.17, 15) is 14.4 Å². The molecule has 2 rings (SSSR count). The number of carbonyl (C=O) groups excluding carboxylic acids is 2. The molecular formula is C14H23N3O4. The number of carbonyl (C=O) groups is 3. The van der Waals surface area contributed by atoms with E-state index >= 15 is 0 Å². The van der Waals surface area contributed by atoms with Crippen LogP contribution >= 0.6 is 0 Å². The van der Waals surface area contributed by atoms with Gasteiger partial charge in [0.1, 0.15) is 0 Å². The zero-order chi connectivity index (χ0) is 15.2. The third-order valence-corrected chi connectivity index (χ3v) is 4.10. The molecule has 7 nitrogen and oxygen atoms in total. The monoisotopic (exact) mass is 297 g/mol. The fourth-order valence-electron chi connectivity index (χ4n) is 2.73. The smallest absolute Gasteiger partial charge is 0.315 e. The van der Waals surface area contributed by atoms with Gasteiger partial charge in [-0.2, -0.15) is 0 Å². The van der Waals surface area contributed by atoms with E-state index in [0.29, 0.717) is 13.0 Å². The van der Waals surface area contributed by atoms with Gasteiger partial charge in [-0.1, -0.05) is 12.8 Å². The molecule has 0 saturated heterocycles. The molecule has 0 radical (unpaired) electrons. The van der Waals surface area contributed by atoms with E-state index < -0.39 is 12.0 Å². The summed E-state index contributed by atoms with van der Waals surface area (Å²) in [4.78, 5) is 34.2. The molecule has 0 spiro atoms. The SMILES string of the molecule is O=C(CNC(=O)NCC1CCCCC1C(=O)O)NC1CC1. The molecule has 2 aliphatic rings. The number of carboxylic acids is 1. The van der Waals surface area contributed by atoms with Crippen LogP contribution in [-0.4, -0.2) is 42.1 Å². The molecule has 0 aromatic carbocycles. The zero-order valence-electron chi connectivity index (χ0n) is 12.1. The van der Waals surface area contributed by atoms with E-state index in [1.165, 1.54) is 0 Å². The first kappa shape index (κ1) is 15.6. The lowest BCUT2D eigenvalue weighted by Crippen LogP contribution is -2.45. The lowest BCUT2D eigenvalue weighted by atomic mass is 9.79. The normalized spacial score (nSPS) is 25.0. The largest absolute Gasteiger partial charge is 0.481 e. The van der Waals surface area contributed by atoms with Gasteiger partial charge in [0.2, 0.25) is 5.91 Å². The highest BCUT2D eigenvalue weighted by Crippen LogP contribution is 2.29. The van der Waals surface area contributed by atoms with Gasteiger partial charge in [-0.3, -0.25) is 9.59 Å². The second-order valence-corrected chi connectivity index (χ2v) is 5.89. The van der Waals surface area contributed by atoms with Crippen molar-refractivity contribution in [3.05, 3.63) is 0 Å². The van der Waals surface area contributed by atoms with Gasteiger partial charge in [0.15, 0.2) is 0 Å². The number of amides is 3. The first-order valence-corrected chi connectivity index (χ1v) is 7.60. The Bertz CT molecular complexity index is 409. The first-order valence-electron chi connectivity index (χ1n) is 7.60. The van der Waals surface area contributed by atoms with Crippen LogP contribution in [-0.2, 0) is 9.59 Å². The van der Waals surface area contributed by atoms with Crippen LogP contribution in [0, 0.1) is 11.8 Å². The lowest BCUT2D eigenvalue weighted by molar-refractivity contribution is -0.144. The van der Waals surface area contributed by atoms with Gasteiger partial charge in [0.05, 0.1) is 12.5 Å². The summed E-state index contributed by atoms with van der Waals surface area (Å²) in [6.45, 7) is 0.294. The zero-order valence-corrected chi connectivity index (χ0v) is 12.1. The molecule has 2 aliphatic carbocycles. The molecule has 0 aromatic heterocycles. The maximum absolute atomic E-state index is 11.6. The summed E-state index contributed by atoms with van der Waals surface area (Å²) < 4.78 is 0. The van der Waals surface area contributed by atoms with Crippen LogP contribution in [0.5, 0.6) is 0 Å². The van der Waals surface area contributed by atoms with Crippen LogP contribution in [0.4, 0.5) is 4.79 Å². The predicted molar refractivity (Wildman–Crippen MR) is 75.6 cm³/mol. The topological polar surface area (TPSA) is 108 Å². The van der Waals surface area contributed by atoms with E-state index in [4.69, 9.17) is 5.11 Å². The van der Waals surface area contributed by atoms with E-state index in [2.05, 4.69) is 16.0 Å². The van der Waals surface area contributed by atoms with Gasteiger partial charge in [-0.25, -0.2) is 4.79 Å². The summed E-state index contributed by atoms with van der Waals surface area (Å²) in [6, 6.07) is -0.142. The van der Waals surface area contributed by atoms with Crippen molar-refractivity contribution in [2.45, 2.75) is 44.6 Å². The molecule has 0 aromatic rings. The number of hydrogen-bond donors (Lipinski definition) is 4. The minimum absolute atomic E-state index is 0.0257. The summed E-state index contributed by atoms with van der Waals surface area (Å²) in [5.74, 6) is -1.38. The number of rotatable bonds is 6. The Hall–Kier alpha value is -1.79. The molecule has 118 valence electrons. The minimum atomic E-state index is -0.786. The van der Waals surface area contributed by atoms with Gasteiger partial charge in [-0.15, -0.1) is 0 Å². The fraction of sp³-hybridized carbons (Fsp3) is 0.786. The first-order chi connectivity index (χ1) is 10.1. The summed E-state index contributed by atoms with van der Waals surface area (Å²) >= 11 is 0. The molecule has 21 heavy (non-hydrogen) atoms. The average molecular weight is 297 g/mol. The van der Waals surface area contributed by atoms with Crippen LogP contribution in [0.15, 0.2) is 0 Å². The van der Waals surface area contributed by atoms with Gasteiger partial charge in [-0.05, 0) is 31.6 Å². The quantitative estimate of drug-likeness (QED) is 0.571. The highest BCUT2D eigenvalue weighted by Gasteiger charge is 2.30. The summed E-state index contributed by atoms with van der Waals surface area (Å²) in [5, 5.41) is 17.1. The average Bonchev–Trinajstić information content (AvgIpc) is 3.27. The van der Waals surface area contributed by atoms with Crippen molar-refractivity contribution in [1.82, 2.24) is 16.0 Å². The molecule has 2 fully saturated rings. The van der Waals surface area contributed by atoms with E-state index in [1.54, 1.807) is 0 Å². The molecule has 2 saturated carbocycles. The standard InChI is InChI=1S/C14H23N3O4/c18-12(17-10-5-6-10)8-16-14(21)15-7-9-3-1-2-4-11(9)13(19)20/h9-11H,1-8H2,(H,17,18)(H,19,20)(H2,15,16,21). The van der Waals surface area contributed by atoms with Crippen molar-refractivity contribution in [3.8, 4) is 0 Å². The van der Waals surface area contributed by atoms with Crippen molar-refractivity contribution in [2.24, 2.45) is 11.8 Å². The van der Waals surface area contributed by atoms with Gasteiger partial charge in [0, 0.05) is 12.6 Å². The molecule has 7 heteroatoms. The number of carboxylic acid groups (broad SMARTS) is 1. The van der Waals surface area contributed by atoms with E-state index in [-0.39, 0.29) is 30.3 Å². The second kappa shape index (κ2) is 7.28. The van der Waals surface area contributed by atoms with Gasteiger partial charge < -0.3 is 21.1 Å². The molecule has 4 N–H and O–H groups in total. The molecule has 2 unspecified atom stereocenters. The van der Waals surface area contributed by atoms with Gasteiger partial charge >= 0.3 is 12.0 Å². The summed E-state index contributed by atoms with van der Waals surface area (Å²) in [6.07, 6.45) is 5.45. The summed E-state index contributed by atoms with van der Waals surface area (Å²) in [7, 11) is 0. The van der Waals surface area contributed by atoms with Crippen molar-refractivity contribution in [2.75, 3.05) is 13.1 Å². The van der Waals surface area contributed by atoms with Crippen molar-refractivity contribution < 1.29 is 19.5 Å². The van der Waals surface area contributed by atoms with Crippen LogP contribution < -0.4 is 16.0 Å². The Labute approximate surface area is 123 Å². The Morgan fingerprint density at radius 3 is 2.38 bits per heavy atom. The van der Waals surface area contributed by atoms with Crippen LogP contribution in [0.1, 0.15) is 38.5 Å². The molecule has 0 heterocycles. The molecule has 3 amide bonds. The summed E-state index contributed by atoms with van der Waals surface area (Å²) in [5.41, 5.74) is 0. The molecular weight excluding hydrogens is 274 g/mol. The number of aliphatic carboxylic acids is 1. The Morgan fingerprint density at radius 2 is 1.71 bits per heavy atom. The van der Waals surface area contributed by atoms with E-state index in [1.807, 2.05) is 0 Å². The Kier molecular flexibility index (Phi) is 5.41. The third kappa shape index (κ3) is 5.24. The van der Waals surface area contributed by atoms with Gasteiger partial charge in [0.25, 0.3) is 0 Å². The number of hydrogen-bond acceptors (Lipinski definition) is 3. The molecule has 0 aliphatic heterocycles. The second-order valence-electron chi connectivity index (χ2n) is 5.89. The maximum Gasteiger partial charge on any atom is 0.315 e. The van der Waals surface area contributed by atoms with Crippen molar-refractivity contribution >= 4 is 17.9 Å². The molecule has 0 bridgehead atoms. The third-order valence-electron chi connectivity index (χ3n) is 4.10. The van der Waals surface area contributed by atoms with Crippen molar-refractivity contribution in [1.29, 1.82) is 0 Å². The maximum atomic E-state index is 11.6. The number of urea groups is 1. The van der Waals surface area contributed by atoms with Crippen LogP contribution in [0.25, 0.3) is 0 Å². The minimum Gasteiger partial charge on any atom is -0.481 e. The molecule has 2 atom stereocenters. The number of nitrogens with one attached hydrogen (secondary N) is 3. The highest BCUT2D eigenvalue weighted by atomic mass is 16.4. The Morgan fingerprint density at radius 1 is 1.00 bits per heavy atom. The predicted octanol–water partition coefficient (Wildman–Crippen LogP) is 0.455. The van der Waals surface area contributed by atoms with Crippen LogP contribution in [0.3, 0.4) is 0 Å². The Balaban J connectivity index is 1.64. The highest BCUT2D eigenvalue weighted by molar-refractivity contribution is 5.84. The van der Waals surface area contributed by atoms with E-state index in [0.717, 1.165) is 32.1 Å². The van der Waals surface area contributed by atoms with Crippen molar-refractivity contribution in [3.63, 3.8) is 0 Å². The van der Waals surface area contributed by atoms with Crippen LogP contribution in [0.2, 0.25) is 0 Å². The fourth-order valence-corrected chi connectivity index (χ4v) is 2.73.